The van der Waals surface area contributed by atoms with Crippen molar-refractivity contribution in [1.29, 1.82) is 5.41 Å². The zero-order valence-corrected chi connectivity index (χ0v) is 18.8. The molecule has 1 aliphatic heterocycles. The Morgan fingerprint density at radius 1 is 1.16 bits per heavy atom. The highest BCUT2D eigenvalue weighted by molar-refractivity contribution is 5.90. The highest BCUT2D eigenvalue weighted by atomic mass is 16.2. The zero-order valence-electron chi connectivity index (χ0n) is 18.8. The van der Waals surface area contributed by atoms with Gasteiger partial charge in [-0.3, -0.25) is 10.3 Å². The van der Waals surface area contributed by atoms with Crippen molar-refractivity contribution in [3.05, 3.63) is 30.0 Å². The van der Waals surface area contributed by atoms with Gasteiger partial charge in [0.15, 0.2) is 0 Å². The van der Waals surface area contributed by atoms with E-state index in [1.54, 1.807) is 6.07 Å². The molecule has 1 saturated carbocycles. The lowest BCUT2D eigenvalue weighted by atomic mass is 10.0. The zero-order chi connectivity index (χ0) is 22.2. The Morgan fingerprint density at radius 3 is 2.75 bits per heavy atom. The van der Waals surface area contributed by atoms with Crippen LogP contribution in [-0.2, 0) is 0 Å². The van der Waals surface area contributed by atoms with E-state index in [0.29, 0.717) is 12.4 Å². The molecule has 172 valence electrons. The minimum Gasteiger partial charge on any atom is -0.335 e. The molecule has 1 atom stereocenters. The van der Waals surface area contributed by atoms with E-state index >= 15 is 0 Å². The molecular formula is C24H35N7O. The number of aromatic nitrogens is 2. The summed E-state index contributed by atoms with van der Waals surface area (Å²) in [5.74, 6) is 0.454. The van der Waals surface area contributed by atoms with E-state index < -0.39 is 0 Å². The number of pyridine rings is 2. The Labute approximate surface area is 190 Å². The van der Waals surface area contributed by atoms with Gasteiger partial charge >= 0.3 is 6.03 Å². The predicted octanol–water partition coefficient (Wildman–Crippen LogP) is 3.50. The highest BCUT2D eigenvalue weighted by Crippen LogP contribution is 2.20. The van der Waals surface area contributed by atoms with Crippen LogP contribution in [0.1, 0.15) is 56.4 Å². The van der Waals surface area contributed by atoms with Crippen LogP contribution in [-0.4, -0.2) is 65.9 Å². The average molecular weight is 438 g/mol. The largest absolute Gasteiger partial charge is 0.335 e. The van der Waals surface area contributed by atoms with Crippen molar-refractivity contribution in [2.24, 2.45) is 0 Å². The average Bonchev–Trinajstić information content (AvgIpc) is 3.32. The second-order valence-corrected chi connectivity index (χ2v) is 8.96. The standard InChI is InChI=1S/C24H35N7O/c25-15-19(16-26-10-13-31-11-4-1-5-12-31)18-14-22-21(27-17-18)8-9-23(29-22)30-24(32)28-20-6-2-3-7-20/h8-9,14-15,17,19-20,25-26H,1-7,10-13,16H2,(H2,28,29,30,32). The molecule has 1 aliphatic carbocycles. The number of rotatable bonds is 9. The Morgan fingerprint density at radius 2 is 1.97 bits per heavy atom. The van der Waals surface area contributed by atoms with Gasteiger partial charge in [-0.25, -0.2) is 9.78 Å². The summed E-state index contributed by atoms with van der Waals surface area (Å²) in [6.45, 7) is 5.08. The summed E-state index contributed by atoms with van der Waals surface area (Å²) in [6, 6.07) is 5.68. The van der Waals surface area contributed by atoms with Crippen LogP contribution in [0.15, 0.2) is 24.4 Å². The summed E-state index contributed by atoms with van der Waals surface area (Å²) >= 11 is 0. The van der Waals surface area contributed by atoms with Gasteiger partial charge in [0.2, 0.25) is 0 Å². The number of likely N-dealkylation sites (tertiary alicyclic amines) is 1. The van der Waals surface area contributed by atoms with Gasteiger partial charge in [-0.15, -0.1) is 0 Å². The van der Waals surface area contributed by atoms with Crippen LogP contribution in [0.5, 0.6) is 0 Å². The van der Waals surface area contributed by atoms with E-state index in [1.807, 2.05) is 18.3 Å². The maximum Gasteiger partial charge on any atom is 0.320 e. The Kier molecular flexibility index (Phi) is 8.01. The molecule has 0 bridgehead atoms. The van der Waals surface area contributed by atoms with Gasteiger partial charge in [-0.1, -0.05) is 19.3 Å². The molecule has 1 unspecified atom stereocenters. The molecule has 2 aromatic rings. The molecule has 8 nitrogen and oxygen atoms in total. The third-order valence-electron chi connectivity index (χ3n) is 6.54. The maximum atomic E-state index is 12.3. The molecule has 8 heteroatoms. The summed E-state index contributed by atoms with van der Waals surface area (Å²) in [6.07, 6.45) is 11.7. The van der Waals surface area contributed by atoms with Crippen LogP contribution in [0.25, 0.3) is 11.0 Å². The first-order valence-electron chi connectivity index (χ1n) is 12.0. The van der Waals surface area contributed by atoms with E-state index in [4.69, 9.17) is 5.41 Å². The van der Waals surface area contributed by atoms with Gasteiger partial charge in [0.05, 0.1) is 11.0 Å². The van der Waals surface area contributed by atoms with Crippen molar-refractivity contribution in [2.45, 2.75) is 56.9 Å². The van der Waals surface area contributed by atoms with Crippen LogP contribution < -0.4 is 16.0 Å². The first-order chi connectivity index (χ1) is 15.7. The molecular weight excluding hydrogens is 402 g/mol. The van der Waals surface area contributed by atoms with E-state index in [2.05, 4.69) is 30.8 Å². The topological polar surface area (TPSA) is 106 Å². The number of urea groups is 1. The van der Waals surface area contributed by atoms with Crippen molar-refractivity contribution in [3.63, 3.8) is 0 Å². The first-order valence-corrected chi connectivity index (χ1v) is 12.0. The van der Waals surface area contributed by atoms with Crippen molar-refractivity contribution < 1.29 is 4.79 Å². The van der Waals surface area contributed by atoms with Crippen LogP contribution in [0, 0.1) is 5.41 Å². The first kappa shape index (κ1) is 22.6. The summed E-state index contributed by atoms with van der Waals surface area (Å²) < 4.78 is 0. The van der Waals surface area contributed by atoms with E-state index in [-0.39, 0.29) is 18.0 Å². The van der Waals surface area contributed by atoms with Crippen molar-refractivity contribution in [2.75, 3.05) is 38.0 Å². The van der Waals surface area contributed by atoms with Gasteiger partial charge in [-0.05, 0) is 62.5 Å². The number of hydrogen-bond acceptors (Lipinski definition) is 6. The smallest absolute Gasteiger partial charge is 0.320 e. The summed E-state index contributed by atoms with van der Waals surface area (Å²) in [5.41, 5.74) is 2.46. The van der Waals surface area contributed by atoms with Gasteiger partial charge in [0.25, 0.3) is 0 Å². The third kappa shape index (κ3) is 6.23. The summed E-state index contributed by atoms with van der Waals surface area (Å²) in [4.78, 5) is 23.9. The number of nitrogens with zero attached hydrogens (tertiary/aromatic N) is 3. The highest BCUT2D eigenvalue weighted by Gasteiger charge is 2.17. The fourth-order valence-corrected chi connectivity index (χ4v) is 4.65. The van der Waals surface area contributed by atoms with Crippen molar-refractivity contribution >= 4 is 29.1 Å². The number of anilines is 1. The van der Waals surface area contributed by atoms with Gasteiger partial charge in [0.1, 0.15) is 5.82 Å². The molecule has 0 radical (unpaired) electrons. The molecule has 4 N–H and O–H groups in total. The third-order valence-corrected chi connectivity index (χ3v) is 6.54. The van der Waals surface area contributed by atoms with Crippen LogP contribution in [0.4, 0.5) is 10.6 Å². The molecule has 2 aliphatic rings. The van der Waals surface area contributed by atoms with Gasteiger partial charge in [0, 0.05) is 44.0 Å². The molecule has 2 amide bonds. The van der Waals surface area contributed by atoms with Crippen LogP contribution in [0.3, 0.4) is 0 Å². The fourth-order valence-electron chi connectivity index (χ4n) is 4.65. The van der Waals surface area contributed by atoms with E-state index in [1.165, 1.54) is 51.4 Å². The quantitative estimate of drug-likeness (QED) is 0.355. The lowest BCUT2D eigenvalue weighted by Gasteiger charge is -2.26. The minimum atomic E-state index is -0.205. The fraction of sp³-hybridized carbons (Fsp3) is 0.583. The molecule has 2 aromatic heterocycles. The monoisotopic (exact) mass is 437 g/mol. The molecule has 0 aromatic carbocycles. The Balaban J connectivity index is 1.33. The number of amides is 2. The Hall–Kier alpha value is -2.58. The lowest BCUT2D eigenvalue weighted by molar-refractivity contribution is 0.229. The molecule has 0 spiro atoms. The SMILES string of the molecule is N=CC(CNCCN1CCCCC1)c1cnc2ccc(NC(=O)NC3CCCC3)nc2c1. The number of piperidine rings is 1. The molecule has 4 rings (SSSR count). The number of nitrogens with one attached hydrogen (secondary N) is 4. The lowest BCUT2D eigenvalue weighted by Crippen LogP contribution is -2.37. The summed E-state index contributed by atoms with van der Waals surface area (Å²) in [7, 11) is 0. The predicted molar refractivity (Wildman–Crippen MR) is 129 cm³/mol. The number of carbonyl (C=O) groups is 1. The van der Waals surface area contributed by atoms with Gasteiger partial charge < -0.3 is 20.9 Å². The van der Waals surface area contributed by atoms with E-state index in [0.717, 1.165) is 42.5 Å². The number of fused-ring (bicyclic) bond motifs is 1. The minimum absolute atomic E-state index is 0.0580. The molecule has 32 heavy (non-hydrogen) atoms. The van der Waals surface area contributed by atoms with Crippen LogP contribution in [0.2, 0.25) is 0 Å². The normalized spacial score (nSPS) is 18.5. The van der Waals surface area contributed by atoms with Crippen molar-refractivity contribution in [1.82, 2.24) is 25.5 Å². The molecule has 2 fully saturated rings. The summed E-state index contributed by atoms with van der Waals surface area (Å²) in [5, 5.41) is 17.3. The second kappa shape index (κ2) is 11.3. The van der Waals surface area contributed by atoms with Crippen LogP contribution >= 0.6 is 0 Å². The molecule has 1 saturated heterocycles. The van der Waals surface area contributed by atoms with Gasteiger partial charge in [-0.2, -0.15) is 0 Å². The number of hydrogen-bond donors (Lipinski definition) is 4. The van der Waals surface area contributed by atoms with E-state index in [9.17, 15) is 4.79 Å². The molecule has 3 heterocycles. The maximum absolute atomic E-state index is 12.3. The van der Waals surface area contributed by atoms with Crippen molar-refractivity contribution in [3.8, 4) is 0 Å². The Bertz CT molecular complexity index is 906. The second-order valence-electron chi connectivity index (χ2n) is 8.96. The number of carbonyl (C=O) groups excluding carboxylic acids is 1.